The van der Waals surface area contributed by atoms with Gasteiger partial charge in [-0.3, -0.25) is 4.79 Å². The summed E-state index contributed by atoms with van der Waals surface area (Å²) in [6.07, 6.45) is 0. The van der Waals surface area contributed by atoms with Gasteiger partial charge in [0.25, 0.3) is 0 Å². The van der Waals surface area contributed by atoms with E-state index < -0.39 is 11.6 Å². The number of carbonyl (C=O) groups is 1. The molecule has 2 heterocycles. The third-order valence-electron chi connectivity index (χ3n) is 4.70. The second-order valence-electron chi connectivity index (χ2n) is 7.03. The smallest absolute Gasteiger partial charge is 0.367 e. The molecule has 0 aliphatic carbocycles. The Morgan fingerprint density at radius 3 is 2.48 bits per heavy atom. The van der Waals surface area contributed by atoms with Crippen LogP contribution in [0, 0.1) is 6.92 Å². The van der Waals surface area contributed by atoms with Crippen LogP contribution >= 0.6 is 23.4 Å². The lowest BCUT2D eigenvalue weighted by atomic mass is 10.2. The van der Waals surface area contributed by atoms with E-state index in [1.165, 1.54) is 36.6 Å². The second-order valence-corrected chi connectivity index (χ2v) is 8.53. The molecule has 0 aliphatic heterocycles. The first kappa shape index (κ1) is 22.7. The lowest BCUT2D eigenvalue weighted by Gasteiger charge is -2.12. The van der Waals surface area contributed by atoms with E-state index in [0.29, 0.717) is 32.9 Å². The molecule has 1 amide bonds. The first-order valence-corrected chi connectivity index (χ1v) is 11.0. The SMILES string of the molecule is COc1cc(OC)c(NC(=O)Cn2nc3ccc(Sc4ccc(C)cc4)nn3c2=O)cc1Cl. The quantitative estimate of drug-likeness (QED) is 0.426. The molecule has 2 aromatic carbocycles. The molecular weight excluding hydrogens is 466 g/mol. The van der Waals surface area contributed by atoms with Crippen LogP contribution in [0.2, 0.25) is 5.02 Å². The van der Waals surface area contributed by atoms with Gasteiger partial charge >= 0.3 is 5.69 Å². The van der Waals surface area contributed by atoms with E-state index in [2.05, 4.69) is 15.5 Å². The molecule has 0 radical (unpaired) electrons. The summed E-state index contributed by atoms with van der Waals surface area (Å²) < 4.78 is 12.7. The fourth-order valence-corrected chi connectivity index (χ4v) is 4.07. The van der Waals surface area contributed by atoms with Gasteiger partial charge in [-0.15, -0.1) is 5.10 Å². The first-order valence-electron chi connectivity index (χ1n) is 9.80. The summed E-state index contributed by atoms with van der Waals surface area (Å²) in [5.74, 6) is 0.300. The molecule has 0 atom stereocenters. The molecule has 0 bridgehead atoms. The Hall–Kier alpha value is -3.50. The normalized spacial score (nSPS) is 10.9. The topological polar surface area (TPSA) is 99.8 Å². The summed E-state index contributed by atoms with van der Waals surface area (Å²) in [7, 11) is 2.94. The molecule has 0 aliphatic rings. The number of hydrogen-bond acceptors (Lipinski definition) is 7. The number of nitrogens with one attached hydrogen (secondary N) is 1. The van der Waals surface area contributed by atoms with Gasteiger partial charge in [0.15, 0.2) is 5.65 Å². The number of benzene rings is 2. The molecule has 0 saturated carbocycles. The number of amides is 1. The molecule has 2 aromatic heterocycles. The fourth-order valence-electron chi connectivity index (χ4n) is 3.06. The van der Waals surface area contributed by atoms with Crippen LogP contribution in [0.4, 0.5) is 5.69 Å². The van der Waals surface area contributed by atoms with E-state index in [0.717, 1.165) is 15.1 Å². The van der Waals surface area contributed by atoms with Crippen molar-refractivity contribution >= 4 is 40.6 Å². The molecule has 33 heavy (non-hydrogen) atoms. The van der Waals surface area contributed by atoms with Gasteiger partial charge in [0, 0.05) is 11.0 Å². The summed E-state index contributed by atoms with van der Waals surface area (Å²) in [5.41, 5.74) is 1.32. The van der Waals surface area contributed by atoms with Crippen LogP contribution < -0.4 is 20.5 Å². The molecule has 170 valence electrons. The van der Waals surface area contributed by atoms with Gasteiger partial charge in [0.05, 0.1) is 24.9 Å². The highest BCUT2D eigenvalue weighted by Gasteiger charge is 2.16. The van der Waals surface area contributed by atoms with E-state index in [1.54, 1.807) is 18.2 Å². The standard InChI is InChI=1S/C22H20ClN5O4S/c1-13-4-6-14(7-5-13)33-21-9-8-19-25-27(22(30)28(19)26-21)12-20(29)24-16-10-15(23)17(31-2)11-18(16)32-3/h4-11H,12H2,1-3H3,(H,24,29). The van der Waals surface area contributed by atoms with Crippen LogP contribution in [-0.4, -0.2) is 39.5 Å². The van der Waals surface area contributed by atoms with Crippen LogP contribution in [0.15, 0.2) is 63.2 Å². The Labute approximate surface area is 198 Å². The number of hydrogen-bond donors (Lipinski definition) is 1. The van der Waals surface area contributed by atoms with Crippen molar-refractivity contribution in [3.63, 3.8) is 0 Å². The number of aryl methyl sites for hydroxylation is 1. The van der Waals surface area contributed by atoms with E-state index in [1.807, 2.05) is 31.2 Å². The molecule has 4 rings (SSSR count). The van der Waals surface area contributed by atoms with Gasteiger partial charge in [-0.1, -0.05) is 41.1 Å². The van der Waals surface area contributed by atoms with Gasteiger partial charge < -0.3 is 14.8 Å². The molecule has 11 heteroatoms. The van der Waals surface area contributed by atoms with Crippen LogP contribution in [0.1, 0.15) is 5.56 Å². The Morgan fingerprint density at radius 2 is 1.79 bits per heavy atom. The van der Waals surface area contributed by atoms with Crippen molar-refractivity contribution in [2.75, 3.05) is 19.5 Å². The largest absolute Gasteiger partial charge is 0.495 e. The highest BCUT2D eigenvalue weighted by molar-refractivity contribution is 7.99. The molecule has 0 unspecified atom stereocenters. The molecule has 0 fully saturated rings. The third kappa shape index (κ3) is 4.96. The monoisotopic (exact) mass is 485 g/mol. The maximum Gasteiger partial charge on any atom is 0.367 e. The average Bonchev–Trinajstić information content (AvgIpc) is 3.10. The third-order valence-corrected chi connectivity index (χ3v) is 5.93. The van der Waals surface area contributed by atoms with Crippen LogP contribution in [-0.2, 0) is 11.3 Å². The summed E-state index contributed by atoms with van der Waals surface area (Å²) in [4.78, 5) is 26.4. The minimum atomic E-state index is -0.522. The van der Waals surface area contributed by atoms with E-state index in [9.17, 15) is 9.59 Å². The second kappa shape index (κ2) is 9.55. The van der Waals surface area contributed by atoms with Crippen LogP contribution in [0.25, 0.3) is 5.65 Å². The first-order chi connectivity index (χ1) is 15.9. The summed E-state index contributed by atoms with van der Waals surface area (Å²) in [6, 6.07) is 14.5. The van der Waals surface area contributed by atoms with Crippen molar-refractivity contribution in [2.24, 2.45) is 0 Å². The molecule has 4 aromatic rings. The van der Waals surface area contributed by atoms with E-state index in [-0.39, 0.29) is 6.54 Å². The average molecular weight is 486 g/mol. The van der Waals surface area contributed by atoms with Crippen molar-refractivity contribution < 1.29 is 14.3 Å². The zero-order valence-electron chi connectivity index (χ0n) is 18.0. The number of anilines is 1. The van der Waals surface area contributed by atoms with Crippen molar-refractivity contribution in [1.29, 1.82) is 0 Å². The van der Waals surface area contributed by atoms with Crippen molar-refractivity contribution in [3.8, 4) is 11.5 Å². The number of rotatable bonds is 7. The van der Waals surface area contributed by atoms with Crippen molar-refractivity contribution in [1.82, 2.24) is 19.4 Å². The lowest BCUT2D eigenvalue weighted by molar-refractivity contribution is -0.117. The summed E-state index contributed by atoms with van der Waals surface area (Å²) in [6.45, 7) is 1.71. The predicted molar refractivity (Wildman–Crippen MR) is 126 cm³/mol. The van der Waals surface area contributed by atoms with Gasteiger partial charge in [0.1, 0.15) is 23.1 Å². The van der Waals surface area contributed by atoms with Crippen molar-refractivity contribution in [2.45, 2.75) is 23.4 Å². The van der Waals surface area contributed by atoms with Crippen molar-refractivity contribution in [3.05, 3.63) is 69.6 Å². The molecule has 9 nitrogen and oxygen atoms in total. The van der Waals surface area contributed by atoms with Crippen LogP contribution in [0.3, 0.4) is 0 Å². The Bertz CT molecular complexity index is 1380. The maximum atomic E-state index is 12.8. The number of halogens is 1. The minimum absolute atomic E-state index is 0.307. The number of methoxy groups -OCH3 is 2. The van der Waals surface area contributed by atoms with Gasteiger partial charge in [-0.25, -0.2) is 9.48 Å². The zero-order chi connectivity index (χ0) is 23.5. The number of aromatic nitrogens is 4. The minimum Gasteiger partial charge on any atom is -0.495 e. The molecule has 0 spiro atoms. The number of carbonyl (C=O) groups excluding carboxylic acids is 1. The molecule has 1 N–H and O–H groups in total. The predicted octanol–water partition coefficient (Wildman–Crippen LogP) is 3.66. The van der Waals surface area contributed by atoms with Gasteiger partial charge in [-0.2, -0.15) is 9.61 Å². The molecular formula is C22H20ClN5O4S. The highest BCUT2D eigenvalue weighted by Crippen LogP contribution is 2.35. The van der Waals surface area contributed by atoms with Gasteiger partial charge in [0.2, 0.25) is 5.91 Å². The van der Waals surface area contributed by atoms with E-state index in [4.69, 9.17) is 21.1 Å². The lowest BCUT2D eigenvalue weighted by Crippen LogP contribution is -2.29. The fraction of sp³-hybridized carbons (Fsp3) is 0.182. The van der Waals surface area contributed by atoms with Crippen LogP contribution in [0.5, 0.6) is 11.5 Å². The summed E-state index contributed by atoms with van der Waals surface area (Å²) in [5, 5.41) is 12.2. The Morgan fingerprint density at radius 1 is 1.06 bits per heavy atom. The highest BCUT2D eigenvalue weighted by atomic mass is 35.5. The van der Waals surface area contributed by atoms with E-state index >= 15 is 0 Å². The number of fused-ring (bicyclic) bond motifs is 1. The number of nitrogens with zero attached hydrogens (tertiary/aromatic N) is 4. The Kier molecular flexibility index (Phi) is 6.57. The Balaban J connectivity index is 1.53. The molecule has 0 saturated heterocycles. The number of ether oxygens (including phenoxy) is 2. The van der Waals surface area contributed by atoms with Gasteiger partial charge in [-0.05, 0) is 37.3 Å². The zero-order valence-corrected chi connectivity index (χ0v) is 19.6. The maximum absolute atomic E-state index is 12.8. The summed E-state index contributed by atoms with van der Waals surface area (Å²) >= 11 is 7.58.